The first-order valence-electron chi connectivity index (χ1n) is 4.83. The van der Waals surface area contributed by atoms with E-state index in [2.05, 4.69) is 23.5 Å². The first kappa shape index (κ1) is 8.88. The van der Waals surface area contributed by atoms with Crippen LogP contribution in [0, 0.1) is 0 Å². The molecule has 0 radical (unpaired) electrons. The normalized spacial score (nSPS) is 15.0. The fraction of sp³-hybridized carbons (Fsp3) is 0.167. The Hall–Kier alpha value is -1.70. The summed E-state index contributed by atoms with van der Waals surface area (Å²) in [6, 6.07) is 7.82. The van der Waals surface area contributed by atoms with Gasteiger partial charge >= 0.3 is 0 Å². The van der Waals surface area contributed by atoms with Crippen LogP contribution in [-0.2, 0) is 0 Å². The van der Waals surface area contributed by atoms with Crippen LogP contribution in [0.4, 0.5) is 11.4 Å². The van der Waals surface area contributed by atoms with Crippen LogP contribution in [-0.4, -0.2) is 0 Å². The van der Waals surface area contributed by atoms with E-state index in [1.165, 1.54) is 5.70 Å². The van der Waals surface area contributed by atoms with Crippen LogP contribution in [0.1, 0.15) is 12.8 Å². The molecule has 0 atom stereocenters. The fourth-order valence-electron chi connectivity index (χ4n) is 1.49. The van der Waals surface area contributed by atoms with Crippen molar-refractivity contribution < 1.29 is 0 Å². The maximum atomic E-state index is 5.83. The molecule has 14 heavy (non-hydrogen) atoms. The molecular formula is C12H14N2. The Balaban J connectivity index is 2.14. The molecule has 0 heterocycles. The molecule has 0 aromatic heterocycles. The lowest BCUT2D eigenvalue weighted by atomic mass is 10.1. The highest BCUT2D eigenvalue weighted by Crippen LogP contribution is 2.21. The van der Waals surface area contributed by atoms with Gasteiger partial charge in [0.05, 0.1) is 11.4 Å². The predicted molar refractivity (Wildman–Crippen MR) is 60.9 cm³/mol. The summed E-state index contributed by atoms with van der Waals surface area (Å²) in [7, 11) is 0. The summed E-state index contributed by atoms with van der Waals surface area (Å²) in [6.07, 6.45) is 8.50. The van der Waals surface area contributed by atoms with E-state index in [9.17, 15) is 0 Å². The molecule has 3 N–H and O–H groups in total. The lowest BCUT2D eigenvalue weighted by Gasteiger charge is -2.13. The summed E-state index contributed by atoms with van der Waals surface area (Å²) in [4.78, 5) is 0. The van der Waals surface area contributed by atoms with E-state index in [4.69, 9.17) is 5.73 Å². The number of nitrogen functional groups attached to an aromatic ring is 1. The van der Waals surface area contributed by atoms with Gasteiger partial charge in [-0.2, -0.15) is 0 Å². The smallest absolute Gasteiger partial charge is 0.0615 e. The third kappa shape index (κ3) is 1.96. The zero-order valence-electron chi connectivity index (χ0n) is 8.03. The minimum atomic E-state index is 0.794. The Morgan fingerprint density at radius 1 is 1.21 bits per heavy atom. The fourth-order valence-corrected chi connectivity index (χ4v) is 1.49. The number of allylic oxidation sites excluding steroid dienone is 4. The first-order chi connectivity index (χ1) is 6.86. The molecule has 0 bridgehead atoms. The van der Waals surface area contributed by atoms with Crippen molar-refractivity contribution in [2.45, 2.75) is 12.8 Å². The van der Waals surface area contributed by atoms with E-state index in [1.54, 1.807) is 0 Å². The van der Waals surface area contributed by atoms with Crippen molar-refractivity contribution in [2.75, 3.05) is 11.1 Å². The molecule has 1 aromatic carbocycles. The molecule has 2 rings (SSSR count). The molecule has 0 amide bonds. The van der Waals surface area contributed by atoms with Gasteiger partial charge in [0.25, 0.3) is 0 Å². The van der Waals surface area contributed by atoms with E-state index in [0.717, 1.165) is 24.2 Å². The van der Waals surface area contributed by atoms with Crippen LogP contribution in [0.5, 0.6) is 0 Å². The van der Waals surface area contributed by atoms with E-state index in [1.807, 2.05) is 24.3 Å². The minimum absolute atomic E-state index is 0.794. The zero-order chi connectivity index (χ0) is 9.80. The molecule has 0 saturated carbocycles. The van der Waals surface area contributed by atoms with Gasteiger partial charge in [-0.05, 0) is 31.1 Å². The Morgan fingerprint density at radius 3 is 2.79 bits per heavy atom. The molecule has 2 heteroatoms. The van der Waals surface area contributed by atoms with E-state index < -0.39 is 0 Å². The van der Waals surface area contributed by atoms with Crippen molar-refractivity contribution in [2.24, 2.45) is 0 Å². The molecule has 0 fully saturated rings. The summed E-state index contributed by atoms with van der Waals surface area (Å²) >= 11 is 0. The SMILES string of the molecule is Nc1ccccc1NC1=CC=CCC1. The van der Waals surface area contributed by atoms with Gasteiger partial charge in [0, 0.05) is 5.70 Å². The third-order valence-corrected chi connectivity index (χ3v) is 2.27. The van der Waals surface area contributed by atoms with Gasteiger partial charge in [-0.3, -0.25) is 0 Å². The number of para-hydroxylation sites is 2. The van der Waals surface area contributed by atoms with Crippen LogP contribution in [0.25, 0.3) is 0 Å². The number of hydrogen-bond donors (Lipinski definition) is 2. The van der Waals surface area contributed by atoms with Gasteiger partial charge in [-0.25, -0.2) is 0 Å². The van der Waals surface area contributed by atoms with Crippen LogP contribution in [0.15, 0.2) is 48.2 Å². The summed E-state index contributed by atoms with van der Waals surface area (Å²) < 4.78 is 0. The van der Waals surface area contributed by atoms with Gasteiger partial charge in [-0.1, -0.05) is 24.3 Å². The summed E-state index contributed by atoms with van der Waals surface area (Å²) in [6.45, 7) is 0. The number of hydrogen-bond acceptors (Lipinski definition) is 2. The molecule has 1 aromatic rings. The summed E-state index contributed by atoms with van der Waals surface area (Å²) in [5.74, 6) is 0. The predicted octanol–water partition coefficient (Wildman–Crippen LogP) is 2.91. The van der Waals surface area contributed by atoms with Crippen molar-refractivity contribution in [3.8, 4) is 0 Å². The lowest BCUT2D eigenvalue weighted by molar-refractivity contribution is 0.967. The van der Waals surface area contributed by atoms with Gasteiger partial charge in [-0.15, -0.1) is 0 Å². The monoisotopic (exact) mass is 186 g/mol. The highest BCUT2D eigenvalue weighted by atomic mass is 14.9. The Kier molecular flexibility index (Phi) is 2.54. The maximum absolute atomic E-state index is 5.83. The highest BCUT2D eigenvalue weighted by Gasteiger charge is 2.01. The molecule has 0 saturated heterocycles. The summed E-state index contributed by atoms with van der Waals surface area (Å²) in [5.41, 5.74) is 8.85. The van der Waals surface area contributed by atoms with Gasteiger partial charge < -0.3 is 11.1 Å². The average Bonchev–Trinajstić information content (AvgIpc) is 2.23. The van der Waals surface area contributed by atoms with Crippen LogP contribution >= 0.6 is 0 Å². The standard InChI is InChI=1S/C12H14N2/c13-11-8-4-5-9-12(11)14-10-6-2-1-3-7-10/h1-2,4-6,8-9,14H,3,7,13H2. The van der Waals surface area contributed by atoms with Crippen LogP contribution in [0.2, 0.25) is 0 Å². The quantitative estimate of drug-likeness (QED) is 0.697. The Labute approximate surface area is 84.1 Å². The second-order valence-corrected chi connectivity index (χ2v) is 3.37. The van der Waals surface area contributed by atoms with Crippen molar-refractivity contribution >= 4 is 11.4 Å². The molecular weight excluding hydrogens is 172 g/mol. The second kappa shape index (κ2) is 4.01. The van der Waals surface area contributed by atoms with Gasteiger partial charge in [0.15, 0.2) is 0 Å². The molecule has 0 unspecified atom stereocenters. The lowest BCUT2D eigenvalue weighted by Crippen LogP contribution is -2.03. The largest absolute Gasteiger partial charge is 0.397 e. The number of nitrogens with two attached hydrogens (primary N) is 1. The van der Waals surface area contributed by atoms with Crippen molar-refractivity contribution in [3.63, 3.8) is 0 Å². The van der Waals surface area contributed by atoms with Gasteiger partial charge in [0.1, 0.15) is 0 Å². The van der Waals surface area contributed by atoms with Crippen LogP contribution in [0.3, 0.4) is 0 Å². The third-order valence-electron chi connectivity index (χ3n) is 2.27. The van der Waals surface area contributed by atoms with E-state index in [-0.39, 0.29) is 0 Å². The zero-order valence-corrected chi connectivity index (χ0v) is 8.03. The van der Waals surface area contributed by atoms with Crippen molar-refractivity contribution in [3.05, 3.63) is 48.2 Å². The second-order valence-electron chi connectivity index (χ2n) is 3.37. The molecule has 0 spiro atoms. The topological polar surface area (TPSA) is 38.0 Å². The number of nitrogens with one attached hydrogen (secondary N) is 1. The van der Waals surface area contributed by atoms with Gasteiger partial charge in [0.2, 0.25) is 0 Å². The average molecular weight is 186 g/mol. The van der Waals surface area contributed by atoms with Crippen molar-refractivity contribution in [1.82, 2.24) is 0 Å². The molecule has 2 nitrogen and oxygen atoms in total. The number of rotatable bonds is 2. The maximum Gasteiger partial charge on any atom is 0.0615 e. The molecule has 1 aliphatic rings. The number of benzene rings is 1. The minimum Gasteiger partial charge on any atom is -0.397 e. The van der Waals surface area contributed by atoms with Crippen LogP contribution < -0.4 is 11.1 Å². The van der Waals surface area contributed by atoms with Crippen molar-refractivity contribution in [1.29, 1.82) is 0 Å². The summed E-state index contributed by atoms with van der Waals surface area (Å²) in [5, 5.41) is 3.33. The Bertz CT molecular complexity index is 378. The highest BCUT2D eigenvalue weighted by molar-refractivity contribution is 5.67. The van der Waals surface area contributed by atoms with E-state index in [0.29, 0.717) is 0 Å². The molecule has 0 aliphatic heterocycles. The Morgan fingerprint density at radius 2 is 2.07 bits per heavy atom. The first-order valence-corrected chi connectivity index (χ1v) is 4.83. The molecule has 1 aliphatic carbocycles. The molecule has 72 valence electrons. The van der Waals surface area contributed by atoms with E-state index >= 15 is 0 Å². The number of anilines is 2.